The van der Waals surface area contributed by atoms with Crippen molar-refractivity contribution < 1.29 is 9.84 Å². The highest BCUT2D eigenvalue weighted by atomic mass is 35.5. The van der Waals surface area contributed by atoms with E-state index in [4.69, 9.17) is 16.3 Å². The van der Waals surface area contributed by atoms with Crippen LogP contribution in [0.1, 0.15) is 31.9 Å². The van der Waals surface area contributed by atoms with E-state index in [0.717, 1.165) is 10.6 Å². The summed E-state index contributed by atoms with van der Waals surface area (Å²) in [6.45, 7) is 4.94. The molecule has 102 valence electrons. The Morgan fingerprint density at radius 1 is 1.50 bits per heavy atom. The maximum absolute atomic E-state index is 10.1. The predicted octanol–water partition coefficient (Wildman–Crippen LogP) is 2.78. The molecule has 3 nitrogen and oxygen atoms in total. The van der Waals surface area contributed by atoms with Crippen LogP contribution in [0.5, 0.6) is 0 Å². The summed E-state index contributed by atoms with van der Waals surface area (Å²) in [6.07, 6.45) is 0.610. The molecule has 0 aliphatic carbocycles. The van der Waals surface area contributed by atoms with Crippen molar-refractivity contribution in [1.82, 2.24) is 5.32 Å². The minimum absolute atomic E-state index is 0.151. The summed E-state index contributed by atoms with van der Waals surface area (Å²) in [7, 11) is 1.64. The molecule has 2 N–H and O–H groups in total. The van der Waals surface area contributed by atoms with Crippen LogP contribution in [0.3, 0.4) is 0 Å². The average Bonchev–Trinajstić information content (AvgIpc) is 2.34. The maximum Gasteiger partial charge on any atom is 0.0765 e. The zero-order valence-electron chi connectivity index (χ0n) is 11.2. The number of nitrogens with one attached hydrogen (secondary N) is 1. The second-order valence-corrected chi connectivity index (χ2v) is 5.33. The Labute approximate surface area is 114 Å². The van der Waals surface area contributed by atoms with E-state index in [-0.39, 0.29) is 6.04 Å². The van der Waals surface area contributed by atoms with Crippen molar-refractivity contribution in [2.45, 2.75) is 31.9 Å². The van der Waals surface area contributed by atoms with E-state index in [1.807, 2.05) is 31.2 Å². The molecule has 1 rings (SSSR count). The number of halogens is 1. The average molecular weight is 272 g/mol. The number of hydrogen-bond acceptors (Lipinski definition) is 3. The van der Waals surface area contributed by atoms with E-state index < -0.39 is 5.60 Å². The zero-order valence-corrected chi connectivity index (χ0v) is 12.0. The van der Waals surface area contributed by atoms with Gasteiger partial charge in [0.25, 0.3) is 0 Å². The van der Waals surface area contributed by atoms with Crippen LogP contribution in [0.25, 0.3) is 0 Å². The Kier molecular flexibility index (Phi) is 6.09. The normalized spacial score (nSPS) is 16.3. The van der Waals surface area contributed by atoms with Gasteiger partial charge in [0, 0.05) is 37.7 Å². The molecule has 0 fully saturated rings. The van der Waals surface area contributed by atoms with Crippen molar-refractivity contribution in [3.05, 3.63) is 34.9 Å². The van der Waals surface area contributed by atoms with Gasteiger partial charge < -0.3 is 15.2 Å². The van der Waals surface area contributed by atoms with E-state index in [0.29, 0.717) is 19.6 Å². The molecule has 0 saturated heterocycles. The van der Waals surface area contributed by atoms with Crippen LogP contribution in [-0.2, 0) is 4.74 Å². The standard InChI is InChI=1S/C14H22ClNO2/c1-11(12-5-4-6-13(15)9-12)16-10-14(2,17)7-8-18-3/h4-6,9,11,16-17H,7-8,10H2,1-3H3. The number of methoxy groups -OCH3 is 1. The predicted molar refractivity (Wildman–Crippen MR) is 75.0 cm³/mol. The zero-order chi connectivity index (χ0) is 13.6. The van der Waals surface area contributed by atoms with Crippen LogP contribution >= 0.6 is 11.6 Å². The SMILES string of the molecule is COCCC(C)(O)CNC(C)c1cccc(Cl)c1. The molecule has 0 bridgehead atoms. The molecule has 0 radical (unpaired) electrons. The van der Waals surface area contributed by atoms with Gasteiger partial charge >= 0.3 is 0 Å². The highest BCUT2D eigenvalue weighted by Crippen LogP contribution is 2.18. The third-order valence-corrected chi connectivity index (χ3v) is 3.22. The van der Waals surface area contributed by atoms with Gasteiger partial charge in [0.15, 0.2) is 0 Å². The van der Waals surface area contributed by atoms with Gasteiger partial charge in [0.1, 0.15) is 0 Å². The van der Waals surface area contributed by atoms with Gasteiger partial charge in [-0.25, -0.2) is 0 Å². The molecule has 4 heteroatoms. The first-order valence-corrected chi connectivity index (χ1v) is 6.52. The summed E-state index contributed by atoms with van der Waals surface area (Å²) in [5.74, 6) is 0. The van der Waals surface area contributed by atoms with Gasteiger partial charge in [-0.1, -0.05) is 23.7 Å². The topological polar surface area (TPSA) is 41.5 Å². The Balaban J connectivity index is 2.48. The molecule has 1 aromatic carbocycles. The van der Waals surface area contributed by atoms with Crippen LogP contribution in [0, 0.1) is 0 Å². The van der Waals surface area contributed by atoms with Gasteiger partial charge in [0.2, 0.25) is 0 Å². The third-order valence-electron chi connectivity index (χ3n) is 2.98. The smallest absolute Gasteiger partial charge is 0.0765 e. The first kappa shape index (κ1) is 15.4. The number of ether oxygens (including phenoxy) is 1. The molecule has 2 atom stereocenters. The van der Waals surface area contributed by atoms with E-state index in [1.54, 1.807) is 7.11 Å². The summed E-state index contributed by atoms with van der Waals surface area (Å²) in [4.78, 5) is 0. The minimum atomic E-state index is -0.761. The van der Waals surface area contributed by atoms with Crippen molar-refractivity contribution in [2.24, 2.45) is 0 Å². The summed E-state index contributed by atoms with van der Waals surface area (Å²) in [5.41, 5.74) is 0.355. The van der Waals surface area contributed by atoms with Crippen molar-refractivity contribution in [3.63, 3.8) is 0 Å². The lowest BCUT2D eigenvalue weighted by atomic mass is 10.0. The highest BCUT2D eigenvalue weighted by Gasteiger charge is 2.20. The molecule has 2 unspecified atom stereocenters. The van der Waals surface area contributed by atoms with Gasteiger partial charge in [-0.2, -0.15) is 0 Å². The van der Waals surface area contributed by atoms with Crippen LogP contribution < -0.4 is 5.32 Å². The second-order valence-electron chi connectivity index (χ2n) is 4.90. The Bertz CT molecular complexity index is 369. The Morgan fingerprint density at radius 3 is 2.83 bits per heavy atom. The fourth-order valence-electron chi connectivity index (χ4n) is 1.68. The molecule has 0 aromatic heterocycles. The summed E-state index contributed by atoms with van der Waals surface area (Å²) >= 11 is 5.95. The second kappa shape index (κ2) is 7.10. The molecule has 18 heavy (non-hydrogen) atoms. The number of aliphatic hydroxyl groups is 1. The summed E-state index contributed by atoms with van der Waals surface area (Å²) in [5, 5.41) is 14.2. The van der Waals surface area contributed by atoms with Crippen LogP contribution in [0.2, 0.25) is 5.02 Å². The largest absolute Gasteiger partial charge is 0.389 e. The van der Waals surface area contributed by atoms with Crippen LogP contribution in [0.4, 0.5) is 0 Å². The minimum Gasteiger partial charge on any atom is -0.389 e. The molecule has 0 aliphatic heterocycles. The molecule has 0 heterocycles. The molecule has 0 spiro atoms. The summed E-state index contributed by atoms with van der Waals surface area (Å²) in [6, 6.07) is 7.89. The van der Waals surface area contributed by atoms with Crippen LogP contribution in [-0.4, -0.2) is 31.0 Å². The van der Waals surface area contributed by atoms with Crippen molar-refractivity contribution in [3.8, 4) is 0 Å². The lowest BCUT2D eigenvalue weighted by Crippen LogP contribution is -2.39. The lowest BCUT2D eigenvalue weighted by molar-refractivity contribution is 0.0231. The van der Waals surface area contributed by atoms with Gasteiger partial charge in [-0.05, 0) is 31.5 Å². The van der Waals surface area contributed by atoms with Crippen molar-refractivity contribution in [1.29, 1.82) is 0 Å². The van der Waals surface area contributed by atoms with E-state index in [9.17, 15) is 5.11 Å². The first-order valence-electron chi connectivity index (χ1n) is 6.15. The molecular weight excluding hydrogens is 250 g/mol. The third kappa shape index (κ3) is 5.36. The number of rotatable bonds is 7. The molecule has 0 amide bonds. The Morgan fingerprint density at radius 2 is 2.22 bits per heavy atom. The fourth-order valence-corrected chi connectivity index (χ4v) is 1.88. The van der Waals surface area contributed by atoms with E-state index >= 15 is 0 Å². The maximum atomic E-state index is 10.1. The van der Waals surface area contributed by atoms with Gasteiger partial charge in [-0.15, -0.1) is 0 Å². The monoisotopic (exact) mass is 271 g/mol. The van der Waals surface area contributed by atoms with Gasteiger partial charge in [0.05, 0.1) is 5.60 Å². The van der Waals surface area contributed by atoms with Crippen LogP contribution in [0.15, 0.2) is 24.3 Å². The van der Waals surface area contributed by atoms with Crippen molar-refractivity contribution >= 4 is 11.6 Å². The van der Waals surface area contributed by atoms with Crippen molar-refractivity contribution in [2.75, 3.05) is 20.3 Å². The van der Waals surface area contributed by atoms with E-state index in [2.05, 4.69) is 12.2 Å². The Hall–Kier alpha value is -0.610. The quantitative estimate of drug-likeness (QED) is 0.801. The number of hydrogen-bond donors (Lipinski definition) is 2. The summed E-state index contributed by atoms with van der Waals surface area (Å²) < 4.78 is 4.98. The fraction of sp³-hybridized carbons (Fsp3) is 0.571. The first-order chi connectivity index (χ1) is 8.44. The number of benzene rings is 1. The molecular formula is C14H22ClNO2. The lowest BCUT2D eigenvalue weighted by Gasteiger charge is -2.26. The highest BCUT2D eigenvalue weighted by molar-refractivity contribution is 6.30. The molecule has 0 saturated carbocycles. The molecule has 0 aliphatic rings. The van der Waals surface area contributed by atoms with Gasteiger partial charge in [-0.3, -0.25) is 0 Å². The van der Waals surface area contributed by atoms with E-state index in [1.165, 1.54) is 0 Å². The molecule has 1 aromatic rings.